The van der Waals surface area contributed by atoms with Crippen molar-refractivity contribution in [3.63, 3.8) is 0 Å². The summed E-state index contributed by atoms with van der Waals surface area (Å²) in [6.45, 7) is 1.10. The van der Waals surface area contributed by atoms with Crippen molar-refractivity contribution in [3.05, 3.63) is 71.2 Å². The fourth-order valence-electron chi connectivity index (χ4n) is 3.48. The summed E-state index contributed by atoms with van der Waals surface area (Å²) in [5.74, 6) is -1.04. The van der Waals surface area contributed by atoms with Gasteiger partial charge in [0.25, 0.3) is 11.8 Å². The second-order valence-electron chi connectivity index (χ2n) is 7.07. The highest BCUT2D eigenvalue weighted by Crippen LogP contribution is 2.29. The molecule has 1 saturated heterocycles. The Balaban J connectivity index is 1.40. The Morgan fingerprint density at radius 2 is 1.43 bits per heavy atom. The Kier molecular flexibility index (Phi) is 4.97. The standard InChI is InChI=1S/C21H17F4N3O2/c22-16-6-3-14-11-18(26-17(14)12-16)20(30)28-9-7-27(8-10-28)19(29)13-1-4-15(5-2-13)21(23,24)25/h1-6,11-12,26H,7-10H2. The number of aromatic amines is 1. The van der Waals surface area contributed by atoms with E-state index in [9.17, 15) is 27.2 Å². The third kappa shape index (κ3) is 3.87. The number of hydrogen-bond donors (Lipinski definition) is 1. The molecule has 0 unspecified atom stereocenters. The highest BCUT2D eigenvalue weighted by molar-refractivity contribution is 5.98. The van der Waals surface area contributed by atoms with Crippen molar-refractivity contribution in [2.24, 2.45) is 0 Å². The van der Waals surface area contributed by atoms with E-state index in [-0.39, 0.29) is 43.6 Å². The van der Waals surface area contributed by atoms with Crippen LogP contribution < -0.4 is 0 Å². The number of halogens is 4. The Morgan fingerprint density at radius 1 is 0.833 bits per heavy atom. The average molecular weight is 419 g/mol. The Labute approximate surface area is 168 Å². The molecule has 1 fully saturated rings. The number of aromatic nitrogens is 1. The van der Waals surface area contributed by atoms with Crippen molar-refractivity contribution in [3.8, 4) is 0 Å². The van der Waals surface area contributed by atoms with Gasteiger partial charge in [-0.05, 0) is 48.5 Å². The summed E-state index contributed by atoms with van der Waals surface area (Å²) in [7, 11) is 0. The molecule has 3 aromatic rings. The highest BCUT2D eigenvalue weighted by Gasteiger charge is 2.31. The highest BCUT2D eigenvalue weighted by atomic mass is 19.4. The zero-order valence-electron chi connectivity index (χ0n) is 15.7. The average Bonchev–Trinajstić information content (AvgIpc) is 3.15. The Hall–Kier alpha value is -3.36. The van der Waals surface area contributed by atoms with E-state index in [1.807, 2.05) is 0 Å². The summed E-state index contributed by atoms with van der Waals surface area (Å²) >= 11 is 0. The lowest BCUT2D eigenvalue weighted by atomic mass is 10.1. The van der Waals surface area contributed by atoms with Gasteiger partial charge in [-0.15, -0.1) is 0 Å². The van der Waals surface area contributed by atoms with E-state index in [1.165, 1.54) is 17.0 Å². The largest absolute Gasteiger partial charge is 0.416 e. The number of benzene rings is 2. The molecule has 0 saturated carbocycles. The molecule has 30 heavy (non-hydrogen) atoms. The lowest BCUT2D eigenvalue weighted by Crippen LogP contribution is -2.50. The number of H-pyrrole nitrogens is 1. The van der Waals surface area contributed by atoms with Crippen LogP contribution in [-0.2, 0) is 6.18 Å². The first-order chi connectivity index (χ1) is 14.2. The normalized spacial score (nSPS) is 14.9. The molecule has 1 aliphatic heterocycles. The predicted octanol–water partition coefficient (Wildman–Crippen LogP) is 3.92. The molecule has 2 heterocycles. The number of carbonyl (C=O) groups excluding carboxylic acids is 2. The van der Waals surface area contributed by atoms with E-state index in [4.69, 9.17) is 0 Å². The molecule has 0 atom stereocenters. The molecule has 1 aromatic heterocycles. The van der Waals surface area contributed by atoms with E-state index in [2.05, 4.69) is 4.98 Å². The van der Waals surface area contributed by atoms with Crippen LogP contribution in [0.3, 0.4) is 0 Å². The van der Waals surface area contributed by atoms with Crippen molar-refractivity contribution < 1.29 is 27.2 Å². The van der Waals surface area contributed by atoms with Gasteiger partial charge in [0.2, 0.25) is 0 Å². The maximum absolute atomic E-state index is 13.3. The fourth-order valence-corrected chi connectivity index (χ4v) is 3.48. The van der Waals surface area contributed by atoms with E-state index < -0.39 is 17.6 Å². The van der Waals surface area contributed by atoms with Crippen LogP contribution >= 0.6 is 0 Å². The second-order valence-corrected chi connectivity index (χ2v) is 7.07. The lowest BCUT2D eigenvalue weighted by Gasteiger charge is -2.34. The zero-order chi connectivity index (χ0) is 21.5. The summed E-state index contributed by atoms with van der Waals surface area (Å²) in [5, 5.41) is 0.718. The first kappa shape index (κ1) is 19.9. The van der Waals surface area contributed by atoms with E-state index in [0.717, 1.165) is 29.7 Å². The van der Waals surface area contributed by atoms with Crippen molar-refractivity contribution in [2.75, 3.05) is 26.2 Å². The Bertz CT molecular complexity index is 1100. The van der Waals surface area contributed by atoms with Gasteiger partial charge < -0.3 is 14.8 Å². The lowest BCUT2D eigenvalue weighted by molar-refractivity contribution is -0.137. The molecular formula is C21H17F4N3O2. The Morgan fingerprint density at radius 3 is 2.03 bits per heavy atom. The van der Waals surface area contributed by atoms with Gasteiger partial charge >= 0.3 is 6.18 Å². The zero-order valence-corrected chi connectivity index (χ0v) is 15.7. The van der Waals surface area contributed by atoms with Crippen LogP contribution in [-0.4, -0.2) is 52.8 Å². The van der Waals surface area contributed by atoms with Crippen molar-refractivity contribution >= 4 is 22.7 Å². The summed E-state index contributed by atoms with van der Waals surface area (Å²) in [5.41, 5.74) is 0.209. The molecule has 4 rings (SSSR count). The maximum atomic E-state index is 13.3. The molecule has 2 aromatic carbocycles. The van der Waals surface area contributed by atoms with Crippen LogP contribution in [0.15, 0.2) is 48.5 Å². The van der Waals surface area contributed by atoms with Gasteiger partial charge in [0.15, 0.2) is 0 Å². The van der Waals surface area contributed by atoms with Crippen molar-refractivity contribution in [1.29, 1.82) is 0 Å². The van der Waals surface area contributed by atoms with Crippen molar-refractivity contribution in [1.82, 2.24) is 14.8 Å². The first-order valence-corrected chi connectivity index (χ1v) is 9.26. The van der Waals surface area contributed by atoms with Crippen LogP contribution in [0, 0.1) is 5.82 Å². The van der Waals surface area contributed by atoms with Crippen molar-refractivity contribution in [2.45, 2.75) is 6.18 Å². The number of nitrogens with zero attached hydrogens (tertiary/aromatic N) is 2. The van der Waals surface area contributed by atoms with Crippen LogP contribution in [0.1, 0.15) is 26.4 Å². The van der Waals surface area contributed by atoms with Gasteiger partial charge in [-0.25, -0.2) is 4.39 Å². The van der Waals surface area contributed by atoms with Gasteiger partial charge in [0.1, 0.15) is 11.5 Å². The number of nitrogens with one attached hydrogen (secondary N) is 1. The molecule has 9 heteroatoms. The summed E-state index contributed by atoms with van der Waals surface area (Å²) < 4.78 is 51.3. The molecule has 2 amide bonds. The van der Waals surface area contributed by atoms with Gasteiger partial charge in [0, 0.05) is 42.6 Å². The summed E-state index contributed by atoms with van der Waals surface area (Å²) in [4.78, 5) is 31.3. The quantitative estimate of drug-likeness (QED) is 0.640. The van der Waals surface area contributed by atoms with Gasteiger partial charge in [-0.3, -0.25) is 9.59 Å². The minimum Gasteiger partial charge on any atom is -0.350 e. The van der Waals surface area contributed by atoms with E-state index in [0.29, 0.717) is 11.2 Å². The number of piperazine rings is 1. The molecule has 1 aliphatic rings. The van der Waals surface area contributed by atoms with Crippen LogP contribution in [0.25, 0.3) is 10.9 Å². The minimum atomic E-state index is -4.46. The number of alkyl halides is 3. The maximum Gasteiger partial charge on any atom is 0.416 e. The number of amides is 2. The predicted molar refractivity (Wildman–Crippen MR) is 102 cm³/mol. The molecule has 0 bridgehead atoms. The number of rotatable bonds is 2. The molecule has 0 radical (unpaired) electrons. The molecule has 0 spiro atoms. The monoisotopic (exact) mass is 419 g/mol. The second kappa shape index (κ2) is 7.47. The van der Waals surface area contributed by atoms with Gasteiger partial charge in [-0.1, -0.05) is 0 Å². The minimum absolute atomic E-state index is 0.167. The number of carbonyl (C=O) groups is 2. The topological polar surface area (TPSA) is 56.4 Å². The fraction of sp³-hybridized carbons (Fsp3) is 0.238. The SMILES string of the molecule is O=C(c1ccc(C(F)(F)F)cc1)N1CCN(C(=O)c2cc3ccc(F)cc3[nH]2)CC1. The van der Waals surface area contributed by atoms with Crippen LogP contribution in [0.5, 0.6) is 0 Å². The molecular weight excluding hydrogens is 402 g/mol. The first-order valence-electron chi connectivity index (χ1n) is 9.26. The van der Waals surface area contributed by atoms with Crippen LogP contribution in [0.2, 0.25) is 0 Å². The number of hydrogen-bond acceptors (Lipinski definition) is 2. The van der Waals surface area contributed by atoms with Gasteiger partial charge in [-0.2, -0.15) is 13.2 Å². The summed E-state index contributed by atoms with van der Waals surface area (Å²) in [6.07, 6.45) is -4.46. The third-order valence-electron chi connectivity index (χ3n) is 5.13. The van der Waals surface area contributed by atoms with E-state index >= 15 is 0 Å². The molecule has 1 N–H and O–H groups in total. The summed E-state index contributed by atoms with van der Waals surface area (Å²) in [6, 6.07) is 9.94. The molecule has 156 valence electrons. The third-order valence-corrected chi connectivity index (χ3v) is 5.13. The number of fused-ring (bicyclic) bond motifs is 1. The molecule has 5 nitrogen and oxygen atoms in total. The van der Waals surface area contributed by atoms with E-state index in [1.54, 1.807) is 17.0 Å². The smallest absolute Gasteiger partial charge is 0.350 e. The van der Waals surface area contributed by atoms with Crippen LogP contribution in [0.4, 0.5) is 17.6 Å². The van der Waals surface area contributed by atoms with Gasteiger partial charge in [0.05, 0.1) is 5.56 Å². The molecule has 0 aliphatic carbocycles.